The minimum atomic E-state index is -5.17. The third-order valence-corrected chi connectivity index (χ3v) is 0.169. The maximum absolute atomic E-state index is 8.82. The van der Waals surface area contributed by atoms with Gasteiger partial charge in [0.2, 0.25) is 0 Å². The summed E-state index contributed by atoms with van der Waals surface area (Å²) < 4.78 is 37.0. The first-order valence-electron chi connectivity index (χ1n) is 1.37. The van der Waals surface area contributed by atoms with Crippen molar-refractivity contribution < 1.29 is 44.1 Å². The Morgan fingerprint density at radius 2 is 1.45 bits per heavy atom. The molecule has 11 heavy (non-hydrogen) atoms. The molecule has 0 atom stereocenters. The first kappa shape index (κ1) is 17.1. The zero-order chi connectivity index (χ0) is 8.78. The predicted octanol–water partition coefficient (Wildman–Crippen LogP) is -0.992. The monoisotopic (exact) mass is 256 g/mol. The van der Waals surface area contributed by atoms with Crippen LogP contribution in [0.15, 0.2) is 0 Å². The SMILES string of the molecule is O=S(=O)([O-])[O-].O=[N+]([O-])OCl.[Cu+2]. The first-order valence-corrected chi connectivity index (χ1v) is 3.01. The van der Waals surface area contributed by atoms with Crippen molar-refractivity contribution >= 4 is 22.3 Å². The molecule has 0 aromatic heterocycles. The molecule has 71 valence electrons. The van der Waals surface area contributed by atoms with Gasteiger partial charge < -0.3 is 9.11 Å². The van der Waals surface area contributed by atoms with Gasteiger partial charge >= 0.3 is 22.2 Å². The molecule has 0 bridgehead atoms. The van der Waals surface area contributed by atoms with Crippen LogP contribution in [0.4, 0.5) is 0 Å². The molecule has 0 amide bonds. The second-order valence-electron chi connectivity index (χ2n) is 0.701. The average molecular weight is 257 g/mol. The Labute approximate surface area is 76.8 Å². The van der Waals surface area contributed by atoms with E-state index in [0.29, 0.717) is 0 Å². The molecule has 0 aromatic rings. The van der Waals surface area contributed by atoms with Crippen molar-refractivity contribution in [3.8, 4) is 0 Å². The number of nitrogens with zero attached hydrogens (tertiary/aromatic N) is 1. The first-order chi connectivity index (χ1) is 4.27. The Morgan fingerprint density at radius 3 is 1.45 bits per heavy atom. The van der Waals surface area contributed by atoms with Gasteiger partial charge in [-0.05, 0) is 0 Å². The minimum absolute atomic E-state index is 0. The van der Waals surface area contributed by atoms with Crippen molar-refractivity contribution in [1.29, 1.82) is 0 Å². The molecule has 0 saturated carbocycles. The summed E-state index contributed by atoms with van der Waals surface area (Å²) in [5.74, 6) is 0. The van der Waals surface area contributed by atoms with E-state index in [-0.39, 0.29) is 17.1 Å². The summed E-state index contributed by atoms with van der Waals surface area (Å²) in [4.78, 5) is 8.82. The molecule has 0 unspecified atom stereocenters. The van der Waals surface area contributed by atoms with E-state index in [9.17, 15) is 0 Å². The molecule has 0 N–H and O–H groups in total. The molecule has 0 aliphatic rings. The molecule has 0 aromatic carbocycles. The van der Waals surface area contributed by atoms with Crippen molar-refractivity contribution in [3.05, 3.63) is 10.1 Å². The smallest absolute Gasteiger partial charge is 0.759 e. The van der Waals surface area contributed by atoms with Gasteiger partial charge in [-0.2, -0.15) is 4.39 Å². The summed E-state index contributed by atoms with van der Waals surface area (Å²) in [5, 5.41) is 7.71. The van der Waals surface area contributed by atoms with E-state index < -0.39 is 15.5 Å². The third-order valence-electron chi connectivity index (χ3n) is 0.0563. The van der Waals surface area contributed by atoms with E-state index in [1.165, 1.54) is 0 Å². The molecule has 0 fully saturated rings. The van der Waals surface area contributed by atoms with Gasteiger partial charge in [-0.15, -0.1) is 10.1 Å². The van der Waals surface area contributed by atoms with E-state index in [1.54, 1.807) is 0 Å². The molecule has 0 heterocycles. The molecule has 8 nitrogen and oxygen atoms in total. The number of halogens is 1. The fraction of sp³-hybridized carbons (Fsp3) is 0. The Bertz CT molecular complexity index is 177. The number of hydrogen-bond acceptors (Lipinski definition) is 7. The minimum Gasteiger partial charge on any atom is -0.759 e. The number of hydrogen-bond donors (Lipinski definition) is 0. The standard InChI is InChI=1S/ClNO3.Cu.H2O4S/c1-5-2(3)4;;1-5(2,3)4/h;;(H2,1,2,3,4)/q;+2;/p-2. The molecule has 0 rings (SSSR count). The zero-order valence-corrected chi connectivity index (χ0v) is 6.91. The topological polar surface area (TPSA) is 133 Å². The average Bonchev–Trinajstić information content (AvgIpc) is 1.61. The van der Waals surface area contributed by atoms with Crippen LogP contribution < -0.4 is 0 Å². The van der Waals surface area contributed by atoms with Gasteiger partial charge in [-0.1, -0.05) is 0 Å². The van der Waals surface area contributed by atoms with Crippen LogP contribution in [0.1, 0.15) is 0 Å². The van der Waals surface area contributed by atoms with Crippen molar-refractivity contribution in [2.75, 3.05) is 0 Å². The van der Waals surface area contributed by atoms with Crippen LogP contribution >= 0.6 is 11.9 Å². The van der Waals surface area contributed by atoms with Crippen LogP contribution in [0, 0.1) is 10.1 Å². The van der Waals surface area contributed by atoms with Gasteiger partial charge in [-0.25, -0.2) is 0 Å². The summed E-state index contributed by atoms with van der Waals surface area (Å²) in [6, 6.07) is 0. The van der Waals surface area contributed by atoms with Crippen LogP contribution in [0.25, 0.3) is 0 Å². The van der Waals surface area contributed by atoms with Crippen molar-refractivity contribution in [3.63, 3.8) is 0 Å². The van der Waals surface area contributed by atoms with Crippen LogP contribution in [0.5, 0.6) is 0 Å². The molecule has 1 radical (unpaired) electrons. The van der Waals surface area contributed by atoms with Gasteiger partial charge in [0, 0.05) is 10.4 Å². The summed E-state index contributed by atoms with van der Waals surface area (Å²) in [6.45, 7) is 0. The van der Waals surface area contributed by atoms with E-state index >= 15 is 0 Å². The second-order valence-corrected chi connectivity index (χ2v) is 1.66. The summed E-state index contributed by atoms with van der Waals surface area (Å²) >= 11 is 4.14. The van der Waals surface area contributed by atoms with E-state index in [0.717, 1.165) is 0 Å². The van der Waals surface area contributed by atoms with Crippen LogP contribution in [0.3, 0.4) is 0 Å². The fourth-order valence-corrected chi connectivity index (χ4v) is 0. The van der Waals surface area contributed by atoms with Crippen LogP contribution in [-0.2, 0) is 31.9 Å². The normalized spacial score (nSPS) is 8.27. The Balaban J connectivity index is -0.000000107. The molecule has 0 aliphatic heterocycles. The van der Waals surface area contributed by atoms with Gasteiger partial charge in [0.05, 0.1) is 0 Å². The van der Waals surface area contributed by atoms with Gasteiger partial charge in [0.25, 0.3) is 0 Å². The Kier molecular flexibility index (Phi) is 12.4. The fourth-order valence-electron chi connectivity index (χ4n) is 0. The van der Waals surface area contributed by atoms with Crippen LogP contribution in [0.2, 0.25) is 0 Å². The Hall–Kier alpha value is -0.121. The Morgan fingerprint density at radius 1 is 1.36 bits per heavy atom. The third kappa shape index (κ3) is 174. The largest absolute Gasteiger partial charge is 2.00 e. The van der Waals surface area contributed by atoms with E-state index in [1.807, 2.05) is 0 Å². The molecule has 11 heteroatoms. The van der Waals surface area contributed by atoms with Crippen LogP contribution in [-0.4, -0.2) is 22.6 Å². The maximum Gasteiger partial charge on any atom is 2.00 e. The maximum atomic E-state index is 8.82. The molecule has 0 saturated heterocycles. The van der Waals surface area contributed by atoms with Gasteiger partial charge in [0.1, 0.15) is 11.9 Å². The summed E-state index contributed by atoms with van der Waals surface area (Å²) in [6.07, 6.45) is 0. The van der Waals surface area contributed by atoms with Gasteiger partial charge in [-0.3, -0.25) is 8.42 Å². The van der Waals surface area contributed by atoms with Crippen molar-refractivity contribution in [2.24, 2.45) is 0 Å². The number of rotatable bonds is 1. The van der Waals surface area contributed by atoms with Gasteiger partial charge in [0.15, 0.2) is 0 Å². The van der Waals surface area contributed by atoms with E-state index in [4.69, 9.17) is 27.6 Å². The molecular formula is ClCuNO7S. The molecule has 0 spiro atoms. The van der Waals surface area contributed by atoms with Crippen molar-refractivity contribution in [1.82, 2.24) is 0 Å². The summed E-state index contributed by atoms with van der Waals surface area (Å²) in [7, 11) is -5.17. The zero-order valence-electron chi connectivity index (χ0n) is 4.39. The van der Waals surface area contributed by atoms with Crippen molar-refractivity contribution in [2.45, 2.75) is 0 Å². The quantitative estimate of drug-likeness (QED) is 0.193. The molecule has 0 aliphatic carbocycles. The second kappa shape index (κ2) is 7.98. The predicted molar refractivity (Wildman–Crippen MR) is 24.4 cm³/mol. The summed E-state index contributed by atoms with van der Waals surface area (Å²) in [5.41, 5.74) is 0. The molecular weight excluding hydrogens is 257 g/mol. The van der Waals surface area contributed by atoms with E-state index in [2.05, 4.69) is 16.3 Å².